The van der Waals surface area contributed by atoms with Crippen molar-refractivity contribution in [2.45, 2.75) is 159 Å². The number of alkyl halides is 3. The molecule has 3 fully saturated rings. The number of rotatable bonds is 11. The summed E-state index contributed by atoms with van der Waals surface area (Å²) in [7, 11) is 0. The monoisotopic (exact) mass is 878 g/mol. The number of hydrogen-bond donors (Lipinski definition) is 1. The van der Waals surface area contributed by atoms with Gasteiger partial charge in [0.2, 0.25) is 0 Å². The van der Waals surface area contributed by atoms with Crippen LogP contribution in [0.4, 0.5) is 13.2 Å². The molecular formula is C54H65F3N2O5. The summed E-state index contributed by atoms with van der Waals surface area (Å²) >= 11 is 0. The molecule has 1 saturated heterocycles. The summed E-state index contributed by atoms with van der Waals surface area (Å²) in [5.74, 6) is 1.13. The van der Waals surface area contributed by atoms with Gasteiger partial charge in [0.15, 0.2) is 11.6 Å². The Labute approximate surface area is 377 Å². The number of halogens is 3. The molecule has 0 unspecified atom stereocenters. The number of ether oxygens (including phenoxy) is 2. The summed E-state index contributed by atoms with van der Waals surface area (Å²) in [5, 5.41) is 11.1. The van der Waals surface area contributed by atoms with E-state index in [4.69, 9.17) is 9.47 Å². The first-order valence-corrected chi connectivity index (χ1v) is 23.8. The number of fused-ring (bicyclic) bond motifs is 6. The van der Waals surface area contributed by atoms with E-state index in [0.29, 0.717) is 43.6 Å². The number of nitrogens with zero attached hydrogens (tertiary/aromatic N) is 2. The number of benzene rings is 2. The highest BCUT2D eigenvalue weighted by Crippen LogP contribution is 2.58. The van der Waals surface area contributed by atoms with Gasteiger partial charge in [0.25, 0.3) is 0 Å². The van der Waals surface area contributed by atoms with Crippen molar-refractivity contribution in [1.29, 1.82) is 0 Å². The van der Waals surface area contributed by atoms with Crippen LogP contribution in [0.3, 0.4) is 0 Å². The molecule has 4 aliphatic carbocycles. The van der Waals surface area contributed by atoms with E-state index >= 15 is 0 Å². The number of ketones is 2. The van der Waals surface area contributed by atoms with Crippen LogP contribution in [0.1, 0.15) is 156 Å². The lowest BCUT2D eigenvalue weighted by molar-refractivity contribution is -0.192. The minimum Gasteiger partial charge on any atom is -0.387 e. The highest BCUT2D eigenvalue weighted by molar-refractivity contribution is 5.98. The third kappa shape index (κ3) is 9.66. The molecule has 0 radical (unpaired) electrons. The summed E-state index contributed by atoms with van der Waals surface area (Å²) < 4.78 is 48.3. The Kier molecular flexibility index (Phi) is 13.4. The Balaban J connectivity index is 0.000000178. The highest BCUT2D eigenvalue weighted by Gasteiger charge is 2.56. The van der Waals surface area contributed by atoms with Crippen LogP contribution in [0.2, 0.25) is 0 Å². The van der Waals surface area contributed by atoms with Crippen LogP contribution in [0.25, 0.3) is 0 Å². The fourth-order valence-electron chi connectivity index (χ4n) is 12.4. The zero-order valence-electron chi connectivity index (χ0n) is 38.1. The Hall–Kier alpha value is -4.25. The van der Waals surface area contributed by atoms with E-state index < -0.39 is 18.4 Å². The maximum atomic E-state index is 13.1. The van der Waals surface area contributed by atoms with Crippen molar-refractivity contribution in [3.8, 4) is 0 Å². The first-order valence-electron chi connectivity index (χ1n) is 23.8. The fraction of sp³-hybridized carbons (Fsp3) is 0.556. The summed E-state index contributed by atoms with van der Waals surface area (Å²) in [6, 6.07) is 20.3. The lowest BCUT2D eigenvalue weighted by Crippen LogP contribution is -2.50. The zero-order valence-corrected chi connectivity index (χ0v) is 38.1. The standard InChI is InChI=1S/C28H34F3NO3.C26H31NO2/c1-3-27-12-11-26(34,17-35-18-28(29,30)31)16-23(27)8-4-6-21-14-22(9-10-24(21)27)25(33)15-20-7-5-13-32-19(20)2;1-3-26-12-11-25(17-29-25)16-22(26)8-4-6-20-14-21(9-10-23(20)26)24(28)15-19-7-5-13-27-18(19)2/h5,7,9-10,13-14,23,34H,3-4,6,8,11-12,15-18H2,1-2H3;5,7,9-10,13-14,22H,3-4,6,8,11-12,15-17H2,1-2H3/t23-,26+,27+;22-,25+,26+/m00/s1. The predicted octanol–water partition coefficient (Wildman–Crippen LogP) is 11.3. The van der Waals surface area contributed by atoms with Gasteiger partial charge in [-0.1, -0.05) is 50.2 Å². The molecule has 7 nitrogen and oxygen atoms in total. The van der Waals surface area contributed by atoms with Crippen molar-refractivity contribution >= 4 is 11.6 Å². The number of aryl methyl sites for hydroxylation is 4. The number of Topliss-reactive ketones (excluding diaryl/α,β-unsaturated/α-hetero) is 2. The Bertz CT molecular complexity index is 2340. The number of aliphatic hydroxyl groups is 1. The largest absolute Gasteiger partial charge is 0.411 e. The SMILES string of the molecule is CC[C@@]12CC[C@](O)(COCC(F)(F)F)C[C@@H]1CCCc1cc(C(=O)Cc3cccnc3C)ccc12.CC[C@@]12CC[C@]3(CO3)C[C@@H]1CCCc1cc(C(=O)Cc3cccnc3C)ccc12. The van der Waals surface area contributed by atoms with Gasteiger partial charge in [-0.05, 0) is 184 Å². The predicted molar refractivity (Wildman–Crippen MR) is 242 cm³/mol. The minimum absolute atomic E-state index is 0.0649. The molecule has 0 amide bonds. The molecule has 1 N–H and O–H groups in total. The highest BCUT2D eigenvalue weighted by atomic mass is 19.4. The van der Waals surface area contributed by atoms with Crippen LogP contribution < -0.4 is 0 Å². The van der Waals surface area contributed by atoms with Crippen molar-refractivity contribution in [3.05, 3.63) is 129 Å². The quantitative estimate of drug-likeness (QED) is 0.118. The molecule has 4 aromatic rings. The Morgan fingerprint density at radius 2 is 1.25 bits per heavy atom. The van der Waals surface area contributed by atoms with E-state index in [9.17, 15) is 27.9 Å². The Morgan fingerprint density at radius 3 is 1.72 bits per heavy atom. The van der Waals surface area contributed by atoms with Crippen LogP contribution in [0.15, 0.2) is 73.1 Å². The molecule has 2 aromatic heterocycles. The first-order chi connectivity index (χ1) is 30.6. The smallest absolute Gasteiger partial charge is 0.387 e. The van der Waals surface area contributed by atoms with Gasteiger partial charge in [-0.15, -0.1) is 0 Å². The normalized spacial score (nSPS) is 28.2. The fourth-order valence-corrected chi connectivity index (χ4v) is 12.4. The number of aromatic nitrogens is 2. The van der Waals surface area contributed by atoms with E-state index in [2.05, 4.69) is 48.1 Å². The van der Waals surface area contributed by atoms with Gasteiger partial charge in [-0.3, -0.25) is 19.6 Å². The van der Waals surface area contributed by atoms with Crippen molar-refractivity contribution in [2.24, 2.45) is 11.8 Å². The topological polar surface area (TPSA) is 102 Å². The lowest BCUT2D eigenvalue weighted by atomic mass is 9.57. The molecule has 3 heterocycles. The minimum atomic E-state index is -4.40. The second-order valence-electron chi connectivity index (χ2n) is 19.8. The second-order valence-corrected chi connectivity index (χ2v) is 19.8. The Morgan fingerprint density at radius 1 is 0.750 bits per heavy atom. The van der Waals surface area contributed by atoms with E-state index in [1.165, 1.54) is 60.8 Å². The van der Waals surface area contributed by atoms with E-state index in [1.54, 1.807) is 12.4 Å². The average molecular weight is 879 g/mol. The zero-order chi connectivity index (χ0) is 45.3. The van der Waals surface area contributed by atoms with Gasteiger partial charge >= 0.3 is 6.18 Å². The van der Waals surface area contributed by atoms with Gasteiger partial charge in [0.1, 0.15) is 6.61 Å². The molecule has 1 aliphatic heterocycles. The average Bonchev–Trinajstić information content (AvgIpc) is 4.08. The maximum Gasteiger partial charge on any atom is 0.411 e. The molecule has 1 spiro atoms. The molecule has 6 atom stereocenters. The molecule has 64 heavy (non-hydrogen) atoms. The first kappa shape index (κ1) is 46.3. The second kappa shape index (κ2) is 18.6. The number of hydrogen-bond acceptors (Lipinski definition) is 7. The third-order valence-corrected chi connectivity index (χ3v) is 16.2. The molecule has 0 bridgehead atoms. The van der Waals surface area contributed by atoms with Gasteiger partial charge in [-0.2, -0.15) is 13.2 Å². The molecule has 2 saturated carbocycles. The molecule has 5 aliphatic rings. The van der Waals surface area contributed by atoms with Crippen LogP contribution >= 0.6 is 0 Å². The lowest BCUT2D eigenvalue weighted by Gasteiger charge is -2.50. The summed E-state index contributed by atoms with van der Waals surface area (Å²) in [6.45, 7) is 7.73. The van der Waals surface area contributed by atoms with E-state index in [0.717, 1.165) is 66.8 Å². The van der Waals surface area contributed by atoms with Gasteiger partial charge in [0.05, 0.1) is 24.4 Å². The molecule has 10 heteroatoms. The molecule has 9 rings (SSSR count). The van der Waals surface area contributed by atoms with Gasteiger partial charge < -0.3 is 14.6 Å². The third-order valence-electron chi connectivity index (χ3n) is 16.2. The van der Waals surface area contributed by atoms with Gasteiger partial charge in [-0.25, -0.2) is 0 Å². The number of carbonyl (C=O) groups excluding carboxylic acids is 2. The molecule has 2 aromatic carbocycles. The van der Waals surface area contributed by atoms with Crippen molar-refractivity contribution in [3.63, 3.8) is 0 Å². The number of pyridine rings is 2. The summed E-state index contributed by atoms with van der Waals surface area (Å²) in [4.78, 5) is 34.7. The van der Waals surface area contributed by atoms with E-state index in [1.807, 2.05) is 50.2 Å². The van der Waals surface area contributed by atoms with Crippen molar-refractivity contribution < 1.29 is 37.3 Å². The van der Waals surface area contributed by atoms with Crippen LogP contribution in [0, 0.1) is 25.7 Å². The van der Waals surface area contributed by atoms with Gasteiger partial charge in [0, 0.05) is 47.8 Å². The molecule has 342 valence electrons. The van der Waals surface area contributed by atoms with Crippen molar-refractivity contribution in [2.75, 3.05) is 19.8 Å². The van der Waals surface area contributed by atoms with E-state index in [-0.39, 0.29) is 40.5 Å². The number of epoxide rings is 1. The molecular weight excluding hydrogens is 814 g/mol. The van der Waals surface area contributed by atoms with Crippen LogP contribution in [-0.4, -0.2) is 63.8 Å². The van der Waals surface area contributed by atoms with Crippen LogP contribution in [-0.2, 0) is 46.0 Å². The number of carbonyl (C=O) groups is 2. The van der Waals surface area contributed by atoms with Crippen LogP contribution in [0.5, 0.6) is 0 Å². The summed E-state index contributed by atoms with van der Waals surface area (Å²) in [5.41, 5.74) is 9.75. The maximum absolute atomic E-state index is 13.1. The summed E-state index contributed by atoms with van der Waals surface area (Å²) in [6.07, 6.45) is 13.3. The van der Waals surface area contributed by atoms with Crippen molar-refractivity contribution in [1.82, 2.24) is 9.97 Å².